The fraction of sp³-hybridized carbons (Fsp3) is 0.357. The quantitative estimate of drug-likeness (QED) is 0.496. The number of ether oxygens (including phenoxy) is 1. The summed E-state index contributed by atoms with van der Waals surface area (Å²) in [5.41, 5.74) is 5.38. The van der Waals surface area contributed by atoms with Gasteiger partial charge in [-0.3, -0.25) is 14.3 Å². The lowest BCUT2D eigenvalue weighted by molar-refractivity contribution is 0.116. The summed E-state index contributed by atoms with van der Waals surface area (Å²) >= 11 is 5.86. The van der Waals surface area contributed by atoms with E-state index in [9.17, 15) is 9.90 Å². The molecule has 0 amide bonds. The Hall–Kier alpha value is -2.93. The lowest BCUT2D eigenvalue weighted by Gasteiger charge is -2.26. The summed E-state index contributed by atoms with van der Waals surface area (Å²) in [6.45, 7) is 1.12. The van der Waals surface area contributed by atoms with Crippen LogP contribution in [-0.4, -0.2) is 26.8 Å². The summed E-state index contributed by atoms with van der Waals surface area (Å²) in [6.07, 6.45) is 10.9. The lowest BCUT2D eigenvalue weighted by atomic mass is 9.92. The molecule has 0 atom stereocenters. The molecule has 2 aromatic heterocycles. The zero-order valence-electron chi connectivity index (χ0n) is 19.6. The van der Waals surface area contributed by atoms with E-state index in [1.807, 2.05) is 6.07 Å². The summed E-state index contributed by atoms with van der Waals surface area (Å²) < 4.78 is 7.44. The van der Waals surface area contributed by atoms with Crippen molar-refractivity contribution >= 4 is 23.4 Å². The van der Waals surface area contributed by atoms with Gasteiger partial charge in [0.1, 0.15) is 12.4 Å². The maximum atomic E-state index is 12.8. The molecule has 0 saturated heterocycles. The summed E-state index contributed by atoms with van der Waals surface area (Å²) in [4.78, 5) is 17.0. The third-order valence-electron chi connectivity index (χ3n) is 6.85. The molecule has 2 aliphatic rings. The third-order valence-corrected chi connectivity index (χ3v) is 7.07. The highest BCUT2D eigenvalue weighted by atomic mass is 35.5. The largest absolute Gasteiger partial charge is 0.487 e. The van der Waals surface area contributed by atoms with Crippen molar-refractivity contribution in [3.63, 3.8) is 0 Å². The van der Waals surface area contributed by atoms with Crippen LogP contribution in [-0.2, 0) is 19.6 Å². The van der Waals surface area contributed by atoms with E-state index in [0.717, 1.165) is 62.0 Å². The standard InChI is InChI=1S/C28H30ClN3O3/c29-22-4-5-24(31-17-22)18-35-27-11-12-32(28(34)15-27)25-8-3-20-13-19(1-2-21(20)14-25)16-30-23-6-9-26(33)10-7-23/h1-2,4-5,11-15,17,23,26,30,33H,3,6-10,16,18H2. The van der Waals surface area contributed by atoms with Crippen molar-refractivity contribution in [2.45, 2.75) is 63.8 Å². The number of nitrogens with one attached hydrogen (secondary N) is 1. The van der Waals surface area contributed by atoms with Gasteiger partial charge in [-0.05, 0) is 79.5 Å². The Kier molecular flexibility index (Phi) is 7.32. The average molecular weight is 492 g/mol. The van der Waals surface area contributed by atoms with E-state index < -0.39 is 0 Å². The molecule has 0 spiro atoms. The SMILES string of the molecule is O=c1cc(OCc2ccc(Cl)cn2)ccn1C1=Cc2ccc(CNC3CCC(O)CC3)cc2CC1. The van der Waals surface area contributed by atoms with Crippen LogP contribution in [0.2, 0.25) is 5.02 Å². The Morgan fingerprint density at radius 3 is 2.71 bits per heavy atom. The molecular weight excluding hydrogens is 462 g/mol. The van der Waals surface area contributed by atoms with Crippen LogP contribution in [0.25, 0.3) is 11.8 Å². The smallest absolute Gasteiger partial charge is 0.258 e. The van der Waals surface area contributed by atoms with Gasteiger partial charge in [0.25, 0.3) is 5.56 Å². The molecule has 35 heavy (non-hydrogen) atoms. The molecule has 5 rings (SSSR count). The molecule has 0 unspecified atom stereocenters. The number of halogens is 1. The van der Waals surface area contributed by atoms with E-state index in [-0.39, 0.29) is 18.3 Å². The molecule has 2 aliphatic carbocycles. The van der Waals surface area contributed by atoms with Crippen molar-refractivity contribution in [2.75, 3.05) is 0 Å². The minimum Gasteiger partial charge on any atom is -0.487 e. The van der Waals surface area contributed by atoms with Crippen LogP contribution in [0, 0.1) is 0 Å². The van der Waals surface area contributed by atoms with Crippen molar-refractivity contribution in [3.8, 4) is 5.75 Å². The molecule has 2 heterocycles. The number of aryl methyl sites for hydroxylation is 1. The molecule has 0 radical (unpaired) electrons. The van der Waals surface area contributed by atoms with Gasteiger partial charge in [-0.2, -0.15) is 0 Å². The highest BCUT2D eigenvalue weighted by molar-refractivity contribution is 6.30. The maximum absolute atomic E-state index is 12.8. The number of aromatic nitrogens is 2. The molecule has 6 nitrogen and oxygen atoms in total. The number of aliphatic hydroxyl groups excluding tert-OH is 1. The first-order chi connectivity index (χ1) is 17.0. The number of rotatable bonds is 7. The van der Waals surface area contributed by atoms with Crippen LogP contribution in [0.1, 0.15) is 54.5 Å². The number of allylic oxidation sites excluding steroid dienone is 1. The number of fused-ring (bicyclic) bond motifs is 1. The van der Waals surface area contributed by atoms with Gasteiger partial charge in [0.15, 0.2) is 0 Å². The first kappa shape index (κ1) is 23.8. The minimum absolute atomic E-state index is 0.111. The van der Waals surface area contributed by atoms with Gasteiger partial charge in [-0.15, -0.1) is 0 Å². The molecule has 0 aliphatic heterocycles. The molecule has 182 valence electrons. The fourth-order valence-corrected chi connectivity index (χ4v) is 4.92. The van der Waals surface area contributed by atoms with E-state index in [2.05, 4.69) is 34.6 Å². The van der Waals surface area contributed by atoms with E-state index >= 15 is 0 Å². The highest BCUT2D eigenvalue weighted by Crippen LogP contribution is 2.27. The monoisotopic (exact) mass is 491 g/mol. The Bertz CT molecular complexity index is 1260. The molecule has 7 heteroatoms. The van der Waals surface area contributed by atoms with Crippen LogP contribution in [0.5, 0.6) is 5.75 Å². The fourth-order valence-electron chi connectivity index (χ4n) is 4.81. The van der Waals surface area contributed by atoms with Crippen LogP contribution < -0.4 is 15.6 Å². The molecule has 1 aromatic carbocycles. The maximum Gasteiger partial charge on any atom is 0.258 e. The second kappa shape index (κ2) is 10.8. The zero-order chi connectivity index (χ0) is 24.2. The second-order valence-electron chi connectivity index (χ2n) is 9.38. The second-order valence-corrected chi connectivity index (χ2v) is 9.82. The average Bonchev–Trinajstić information content (AvgIpc) is 2.88. The predicted octanol–water partition coefficient (Wildman–Crippen LogP) is 4.81. The minimum atomic E-state index is -0.124. The Morgan fingerprint density at radius 2 is 1.94 bits per heavy atom. The summed E-state index contributed by atoms with van der Waals surface area (Å²) in [7, 11) is 0. The van der Waals surface area contributed by atoms with Gasteiger partial charge in [0.05, 0.1) is 16.8 Å². The van der Waals surface area contributed by atoms with E-state index in [1.165, 1.54) is 17.2 Å². The number of hydrogen-bond acceptors (Lipinski definition) is 5. The van der Waals surface area contributed by atoms with Crippen LogP contribution in [0.4, 0.5) is 0 Å². The lowest BCUT2D eigenvalue weighted by Crippen LogP contribution is -2.34. The summed E-state index contributed by atoms with van der Waals surface area (Å²) in [6, 6.07) is 14.0. The number of pyridine rings is 2. The van der Waals surface area contributed by atoms with Crippen molar-refractivity contribution in [2.24, 2.45) is 0 Å². The Balaban J connectivity index is 1.22. The van der Waals surface area contributed by atoms with Crippen LogP contribution in [0.15, 0.2) is 59.7 Å². The number of nitrogens with zero attached hydrogens (tertiary/aromatic N) is 2. The van der Waals surface area contributed by atoms with Crippen molar-refractivity contribution in [1.82, 2.24) is 14.9 Å². The van der Waals surface area contributed by atoms with Crippen LogP contribution >= 0.6 is 11.6 Å². The summed E-state index contributed by atoms with van der Waals surface area (Å²) in [5.74, 6) is 0.518. The molecule has 3 aromatic rings. The topological polar surface area (TPSA) is 76.4 Å². The number of hydrogen-bond donors (Lipinski definition) is 2. The Labute approximate surface area is 210 Å². The normalized spacial score (nSPS) is 19.7. The van der Waals surface area contributed by atoms with Gasteiger partial charge >= 0.3 is 0 Å². The van der Waals surface area contributed by atoms with Gasteiger partial charge in [-0.1, -0.05) is 29.8 Å². The first-order valence-corrected chi connectivity index (χ1v) is 12.6. The van der Waals surface area contributed by atoms with E-state index in [0.29, 0.717) is 16.8 Å². The van der Waals surface area contributed by atoms with Crippen molar-refractivity contribution < 1.29 is 9.84 Å². The predicted molar refractivity (Wildman–Crippen MR) is 138 cm³/mol. The molecular formula is C28H30ClN3O3. The molecule has 0 bridgehead atoms. The molecule has 2 N–H and O–H groups in total. The third kappa shape index (κ3) is 6.01. The van der Waals surface area contributed by atoms with Gasteiger partial charge in [0.2, 0.25) is 0 Å². The van der Waals surface area contributed by atoms with Crippen LogP contribution in [0.3, 0.4) is 0 Å². The van der Waals surface area contributed by atoms with E-state index in [4.69, 9.17) is 16.3 Å². The first-order valence-electron chi connectivity index (χ1n) is 12.2. The van der Waals surface area contributed by atoms with E-state index in [1.54, 1.807) is 29.1 Å². The number of aliphatic hydroxyl groups is 1. The van der Waals surface area contributed by atoms with Gasteiger partial charge in [-0.25, -0.2) is 0 Å². The molecule has 1 saturated carbocycles. The van der Waals surface area contributed by atoms with Gasteiger partial charge < -0.3 is 15.2 Å². The highest BCUT2D eigenvalue weighted by Gasteiger charge is 2.19. The molecule has 1 fully saturated rings. The summed E-state index contributed by atoms with van der Waals surface area (Å²) in [5, 5.41) is 13.9. The zero-order valence-corrected chi connectivity index (χ0v) is 20.4. The van der Waals surface area contributed by atoms with Crippen molar-refractivity contribution in [3.05, 3.63) is 92.6 Å². The Morgan fingerprint density at radius 1 is 1.09 bits per heavy atom. The number of benzene rings is 1. The van der Waals surface area contributed by atoms with Gasteiger partial charge in [0, 0.05) is 36.7 Å². The van der Waals surface area contributed by atoms with Crippen molar-refractivity contribution in [1.29, 1.82) is 0 Å².